The van der Waals surface area contributed by atoms with Crippen LogP contribution in [0.25, 0.3) is 33.4 Å². The summed E-state index contributed by atoms with van der Waals surface area (Å²) in [5, 5.41) is 10.1. The highest BCUT2D eigenvalue weighted by Gasteiger charge is 2.34. The summed E-state index contributed by atoms with van der Waals surface area (Å²) in [6.07, 6.45) is 0. The molecule has 8 aromatic rings. The molecular formula is C51H25F12NO4. The zero-order chi connectivity index (χ0) is 48.7. The van der Waals surface area contributed by atoms with E-state index in [0.29, 0.717) is 40.7 Å². The van der Waals surface area contributed by atoms with E-state index in [1.54, 1.807) is 78.9 Å². The molecule has 0 atom stereocenters. The molecule has 0 fully saturated rings. The number of nitriles is 1. The summed E-state index contributed by atoms with van der Waals surface area (Å²) >= 11 is 0. The molecule has 0 aliphatic rings. The van der Waals surface area contributed by atoms with E-state index in [-0.39, 0.29) is 28.6 Å². The number of hydrogen-bond donors (Lipinski definition) is 0. The van der Waals surface area contributed by atoms with Crippen molar-refractivity contribution in [1.29, 1.82) is 5.26 Å². The number of halogens is 12. The van der Waals surface area contributed by atoms with Gasteiger partial charge in [-0.1, -0.05) is 54.6 Å². The Balaban J connectivity index is 0.924. The van der Waals surface area contributed by atoms with Gasteiger partial charge in [-0.05, 0) is 96.8 Å². The summed E-state index contributed by atoms with van der Waals surface area (Å²) in [6.45, 7) is 1.54. The first kappa shape index (κ1) is 46.2. The van der Waals surface area contributed by atoms with E-state index in [0.717, 1.165) is 6.92 Å². The Hall–Kier alpha value is -8.39. The minimum Gasteiger partial charge on any atom is -0.456 e. The van der Waals surface area contributed by atoms with Gasteiger partial charge in [-0.15, -0.1) is 0 Å². The predicted molar refractivity (Wildman–Crippen MR) is 222 cm³/mol. The molecule has 0 radical (unpaired) electrons. The molecule has 0 spiro atoms. The van der Waals surface area contributed by atoms with Crippen LogP contribution < -0.4 is 18.9 Å². The van der Waals surface area contributed by atoms with E-state index >= 15 is 17.6 Å². The van der Waals surface area contributed by atoms with Crippen LogP contribution in [0, 0.1) is 95.0 Å². The van der Waals surface area contributed by atoms with Gasteiger partial charge in [0.1, 0.15) is 46.1 Å². The van der Waals surface area contributed by atoms with Crippen molar-refractivity contribution in [2.24, 2.45) is 0 Å². The largest absolute Gasteiger partial charge is 0.456 e. The smallest absolute Gasteiger partial charge is 0.205 e. The van der Waals surface area contributed by atoms with Crippen LogP contribution in [0.4, 0.5) is 52.7 Å². The van der Waals surface area contributed by atoms with Gasteiger partial charge in [0, 0.05) is 11.1 Å². The quantitative estimate of drug-likeness (QED) is 0.0955. The molecule has 0 heterocycles. The van der Waals surface area contributed by atoms with Crippen LogP contribution in [-0.2, 0) is 0 Å². The highest BCUT2D eigenvalue weighted by Crippen LogP contribution is 2.42. The van der Waals surface area contributed by atoms with Gasteiger partial charge in [0.05, 0.1) is 11.1 Å². The first-order valence-electron chi connectivity index (χ1n) is 19.7. The molecule has 0 aliphatic carbocycles. The fraction of sp³-hybridized carbons (Fsp3) is 0.0392. The Bertz CT molecular complexity index is 3230. The molecule has 0 saturated carbocycles. The fourth-order valence-electron chi connectivity index (χ4n) is 6.84. The number of nitrogens with zero attached hydrogens (tertiary/aromatic N) is 1. The number of rotatable bonds is 11. The van der Waals surface area contributed by atoms with Crippen molar-refractivity contribution in [3.05, 3.63) is 202 Å². The van der Waals surface area contributed by atoms with Gasteiger partial charge in [-0.2, -0.15) is 22.8 Å². The Kier molecular flexibility index (Phi) is 12.5. The summed E-state index contributed by atoms with van der Waals surface area (Å²) in [4.78, 5) is 0. The maximum absolute atomic E-state index is 15.1. The van der Waals surface area contributed by atoms with Crippen LogP contribution >= 0.6 is 0 Å². The minimum absolute atomic E-state index is 0.0487. The van der Waals surface area contributed by atoms with E-state index in [2.05, 4.69) is 6.07 Å². The Morgan fingerprint density at radius 2 is 0.574 bits per heavy atom. The van der Waals surface area contributed by atoms with Crippen molar-refractivity contribution < 1.29 is 71.6 Å². The molecule has 0 N–H and O–H groups in total. The Morgan fingerprint density at radius 3 is 0.868 bits per heavy atom. The summed E-state index contributed by atoms with van der Waals surface area (Å²) in [5.41, 5.74) is -3.52. The van der Waals surface area contributed by atoms with E-state index < -0.39 is 104 Å². The van der Waals surface area contributed by atoms with E-state index in [4.69, 9.17) is 18.9 Å². The topological polar surface area (TPSA) is 60.7 Å². The maximum Gasteiger partial charge on any atom is 0.205 e. The Labute approximate surface area is 377 Å². The van der Waals surface area contributed by atoms with Crippen LogP contribution in [0.3, 0.4) is 0 Å². The highest BCUT2D eigenvalue weighted by atomic mass is 19.2. The SMILES string of the molecule is Cc1c(F)c(F)c(Oc2ccc(-c3ccc(Oc4cccc(Oc5ccc(-c6ccc(Oc7c(F)c(F)c(-c8c(F)c(F)c(C)c(F)c8F)c(F)c7F)cc6)cc5)c4C#N)cc3)cc2)c(F)c1F. The number of hydrogen-bond acceptors (Lipinski definition) is 5. The second kappa shape index (κ2) is 18.5. The normalized spacial score (nSPS) is 11.1. The van der Waals surface area contributed by atoms with Gasteiger partial charge >= 0.3 is 0 Å². The average Bonchev–Trinajstić information content (AvgIpc) is 3.35. The summed E-state index contributed by atoms with van der Waals surface area (Å²) in [6, 6.07) is 30.8. The molecule has 342 valence electrons. The number of benzene rings is 8. The number of ether oxygens (including phenoxy) is 4. The van der Waals surface area contributed by atoms with Gasteiger partial charge in [-0.3, -0.25) is 0 Å². The van der Waals surface area contributed by atoms with Gasteiger partial charge in [0.15, 0.2) is 46.5 Å². The van der Waals surface area contributed by atoms with E-state index in [9.17, 15) is 40.4 Å². The molecule has 0 amide bonds. The van der Waals surface area contributed by atoms with Crippen molar-refractivity contribution in [2.75, 3.05) is 0 Å². The lowest BCUT2D eigenvalue weighted by Crippen LogP contribution is -2.09. The zero-order valence-corrected chi connectivity index (χ0v) is 34.6. The standard InChI is InChI=1S/C51H25F12NO4/c1-23-38(52)42(56)36(43(57)39(23)53)37-44(58)48(62)51(49(63)45(37)59)68-32-20-12-28(13-21-32)26-8-16-30(17-9-26)66-35-5-3-4-34(33(35)22-64)65-29-14-6-25(7-15-29)27-10-18-31(19-11-27)67-50-46(60)40(54)24(2)41(55)47(50)61/h3-21H,1-2H3. The van der Waals surface area contributed by atoms with Crippen molar-refractivity contribution in [3.63, 3.8) is 0 Å². The highest BCUT2D eigenvalue weighted by molar-refractivity contribution is 5.70. The maximum atomic E-state index is 15.1. The van der Waals surface area contributed by atoms with Gasteiger partial charge < -0.3 is 18.9 Å². The molecule has 0 bridgehead atoms. The minimum atomic E-state index is -2.37. The van der Waals surface area contributed by atoms with E-state index in [1.165, 1.54) is 36.4 Å². The predicted octanol–water partition coefficient (Wildman–Crippen LogP) is 16.0. The van der Waals surface area contributed by atoms with Crippen LogP contribution in [0.15, 0.2) is 115 Å². The van der Waals surface area contributed by atoms with Crippen LogP contribution in [0.2, 0.25) is 0 Å². The van der Waals surface area contributed by atoms with Crippen molar-refractivity contribution in [3.8, 4) is 85.4 Å². The Morgan fingerprint density at radius 1 is 0.324 bits per heavy atom. The lowest BCUT2D eigenvalue weighted by atomic mass is 9.99. The van der Waals surface area contributed by atoms with Crippen molar-refractivity contribution in [1.82, 2.24) is 0 Å². The van der Waals surface area contributed by atoms with Crippen molar-refractivity contribution >= 4 is 0 Å². The third-order valence-electron chi connectivity index (χ3n) is 10.5. The lowest BCUT2D eigenvalue weighted by Gasteiger charge is -2.15. The molecule has 8 rings (SSSR count). The molecule has 5 nitrogen and oxygen atoms in total. The second-order valence-electron chi connectivity index (χ2n) is 14.7. The first-order chi connectivity index (χ1) is 32.5. The van der Waals surface area contributed by atoms with Gasteiger partial charge in [-0.25, -0.2) is 35.1 Å². The second-order valence-corrected chi connectivity index (χ2v) is 14.7. The average molecular weight is 944 g/mol. The monoisotopic (exact) mass is 943 g/mol. The van der Waals surface area contributed by atoms with Crippen LogP contribution in [0.5, 0.6) is 46.0 Å². The molecule has 0 saturated heterocycles. The molecule has 17 heteroatoms. The third-order valence-corrected chi connectivity index (χ3v) is 10.5. The first-order valence-corrected chi connectivity index (χ1v) is 19.7. The fourth-order valence-corrected chi connectivity index (χ4v) is 6.84. The molecule has 68 heavy (non-hydrogen) atoms. The molecule has 0 aromatic heterocycles. The molecule has 0 unspecified atom stereocenters. The summed E-state index contributed by atoms with van der Waals surface area (Å²) < 4.78 is 196. The van der Waals surface area contributed by atoms with Gasteiger partial charge in [0.25, 0.3) is 0 Å². The van der Waals surface area contributed by atoms with Crippen LogP contribution in [0.1, 0.15) is 16.7 Å². The summed E-state index contributed by atoms with van der Waals surface area (Å²) in [5.74, 6) is -26.6. The summed E-state index contributed by atoms with van der Waals surface area (Å²) in [7, 11) is 0. The van der Waals surface area contributed by atoms with E-state index in [1.807, 2.05) is 0 Å². The molecular weight excluding hydrogens is 919 g/mol. The molecule has 8 aromatic carbocycles. The van der Waals surface area contributed by atoms with Crippen LogP contribution in [-0.4, -0.2) is 0 Å². The van der Waals surface area contributed by atoms with Crippen molar-refractivity contribution in [2.45, 2.75) is 13.8 Å². The third kappa shape index (κ3) is 8.47. The zero-order valence-electron chi connectivity index (χ0n) is 34.6. The lowest BCUT2D eigenvalue weighted by molar-refractivity contribution is 0.362. The molecule has 0 aliphatic heterocycles. The van der Waals surface area contributed by atoms with Gasteiger partial charge in [0.2, 0.25) is 34.8 Å².